The highest BCUT2D eigenvalue weighted by atomic mass is 31.0. The lowest BCUT2D eigenvalue weighted by Crippen LogP contribution is -2.04. The molecule has 0 saturated carbocycles. The maximum atomic E-state index is 2.94. The molecular formula is C22H19P. The van der Waals surface area contributed by atoms with Crippen molar-refractivity contribution in [1.82, 2.24) is 0 Å². The highest BCUT2D eigenvalue weighted by molar-refractivity contribution is 7.16. The molecule has 1 heteroatoms. The van der Waals surface area contributed by atoms with Crippen LogP contribution < -0.4 is 0 Å². The minimum Gasteiger partial charge on any atom is -0.137 e. The molecule has 0 amide bonds. The molecule has 0 heterocycles. The normalized spacial score (nSPS) is 11.4. The first-order valence-electron chi connectivity index (χ1n) is 8.04. The molecule has 23 heavy (non-hydrogen) atoms. The van der Waals surface area contributed by atoms with E-state index in [0.29, 0.717) is 5.92 Å². The number of rotatable bonds is 3. The molecule has 0 radical (unpaired) electrons. The molecule has 0 saturated heterocycles. The summed E-state index contributed by atoms with van der Waals surface area (Å²) in [5.41, 5.74) is 2.82. The van der Waals surface area contributed by atoms with Crippen molar-refractivity contribution in [2.45, 2.75) is 5.92 Å². The lowest BCUT2D eigenvalue weighted by molar-refractivity contribution is 0.960. The molecule has 4 rings (SSSR count). The maximum absolute atomic E-state index is 2.94. The van der Waals surface area contributed by atoms with Crippen LogP contribution in [0.4, 0.5) is 0 Å². The quantitative estimate of drug-likeness (QED) is 0.407. The Balaban J connectivity index is 1.97. The Morgan fingerprint density at radius 2 is 1.00 bits per heavy atom. The Morgan fingerprint density at radius 1 is 0.565 bits per heavy atom. The molecule has 0 fully saturated rings. The van der Waals surface area contributed by atoms with Crippen LogP contribution in [0.3, 0.4) is 0 Å². The summed E-state index contributed by atoms with van der Waals surface area (Å²) in [5.74, 6) is 0.386. The fraction of sp³-hybridized carbons (Fsp3) is 0.0909. The van der Waals surface area contributed by atoms with Crippen molar-refractivity contribution >= 4 is 30.8 Å². The second kappa shape index (κ2) is 6.14. The predicted molar refractivity (Wildman–Crippen MR) is 104 cm³/mol. The van der Waals surface area contributed by atoms with Gasteiger partial charge in [0.2, 0.25) is 0 Å². The van der Waals surface area contributed by atoms with Gasteiger partial charge >= 0.3 is 0 Å². The number of hydrogen-bond acceptors (Lipinski definition) is 0. The van der Waals surface area contributed by atoms with Gasteiger partial charge in [-0.25, -0.2) is 0 Å². The van der Waals surface area contributed by atoms with Crippen LogP contribution in [0, 0.1) is 0 Å². The molecule has 0 aliphatic rings. The first kappa shape index (κ1) is 14.4. The van der Waals surface area contributed by atoms with Crippen LogP contribution in [-0.2, 0) is 0 Å². The minimum absolute atomic E-state index is 0.386. The van der Waals surface area contributed by atoms with E-state index >= 15 is 0 Å². The van der Waals surface area contributed by atoms with Gasteiger partial charge in [0.25, 0.3) is 0 Å². The lowest BCUT2D eigenvalue weighted by atomic mass is 9.86. The third kappa shape index (κ3) is 2.54. The molecule has 0 aromatic heterocycles. The number of fused-ring (bicyclic) bond motifs is 2. The van der Waals surface area contributed by atoms with E-state index in [-0.39, 0.29) is 0 Å². The molecule has 4 aromatic rings. The first-order valence-corrected chi connectivity index (χ1v) is 8.85. The van der Waals surface area contributed by atoms with Crippen LogP contribution in [0.2, 0.25) is 0 Å². The summed E-state index contributed by atoms with van der Waals surface area (Å²) < 4.78 is 0. The summed E-state index contributed by atoms with van der Waals surface area (Å²) in [7, 11) is 2.94. The molecule has 4 aromatic carbocycles. The van der Waals surface area contributed by atoms with Gasteiger partial charge in [0, 0.05) is 5.92 Å². The van der Waals surface area contributed by atoms with Crippen molar-refractivity contribution in [2.24, 2.45) is 0 Å². The van der Waals surface area contributed by atoms with Gasteiger partial charge in [-0.05, 0) is 38.8 Å². The zero-order valence-electron chi connectivity index (χ0n) is 12.9. The zero-order valence-corrected chi connectivity index (χ0v) is 14.1. The fourth-order valence-corrected chi connectivity index (χ4v) is 4.04. The highest BCUT2D eigenvalue weighted by Gasteiger charge is 2.16. The molecule has 0 aliphatic heterocycles. The van der Waals surface area contributed by atoms with E-state index in [2.05, 4.69) is 94.2 Å². The Hall–Kier alpha value is -2.17. The SMILES string of the molecule is PCC(c1cccc2ccccc12)c1cccc2ccccc12. The minimum atomic E-state index is 0.386. The molecule has 1 atom stereocenters. The number of hydrogen-bond donors (Lipinski definition) is 0. The molecule has 0 nitrogen and oxygen atoms in total. The Morgan fingerprint density at radius 3 is 1.48 bits per heavy atom. The van der Waals surface area contributed by atoms with E-state index in [1.807, 2.05) is 0 Å². The zero-order chi connectivity index (χ0) is 15.6. The maximum Gasteiger partial charge on any atom is 0.0136 e. The average Bonchev–Trinajstić information content (AvgIpc) is 2.63. The molecule has 0 spiro atoms. The van der Waals surface area contributed by atoms with Gasteiger partial charge in [-0.2, -0.15) is 0 Å². The van der Waals surface area contributed by atoms with E-state index in [1.165, 1.54) is 32.7 Å². The van der Waals surface area contributed by atoms with E-state index in [4.69, 9.17) is 0 Å². The van der Waals surface area contributed by atoms with Gasteiger partial charge in [-0.1, -0.05) is 84.9 Å². The van der Waals surface area contributed by atoms with Crippen molar-refractivity contribution in [2.75, 3.05) is 6.16 Å². The van der Waals surface area contributed by atoms with E-state index in [1.54, 1.807) is 0 Å². The summed E-state index contributed by atoms with van der Waals surface area (Å²) in [5, 5.41) is 5.34. The molecule has 1 unspecified atom stereocenters. The van der Waals surface area contributed by atoms with Gasteiger partial charge in [0.15, 0.2) is 0 Å². The van der Waals surface area contributed by atoms with Gasteiger partial charge in [0.1, 0.15) is 0 Å². The topological polar surface area (TPSA) is 0 Å². The van der Waals surface area contributed by atoms with Crippen molar-refractivity contribution in [1.29, 1.82) is 0 Å². The van der Waals surface area contributed by atoms with Crippen LogP contribution in [-0.4, -0.2) is 6.16 Å². The van der Waals surface area contributed by atoms with E-state index in [9.17, 15) is 0 Å². The van der Waals surface area contributed by atoms with Gasteiger partial charge in [-0.3, -0.25) is 0 Å². The lowest BCUT2D eigenvalue weighted by Gasteiger charge is -2.20. The first-order chi connectivity index (χ1) is 11.4. The average molecular weight is 314 g/mol. The third-order valence-electron chi connectivity index (χ3n) is 4.63. The van der Waals surface area contributed by atoms with E-state index in [0.717, 1.165) is 6.16 Å². The second-order valence-corrected chi connectivity index (χ2v) is 6.40. The van der Waals surface area contributed by atoms with Crippen LogP contribution in [0.5, 0.6) is 0 Å². The van der Waals surface area contributed by atoms with E-state index < -0.39 is 0 Å². The van der Waals surface area contributed by atoms with Crippen molar-refractivity contribution in [3.05, 3.63) is 96.1 Å². The molecule has 0 bridgehead atoms. The van der Waals surface area contributed by atoms with Gasteiger partial charge in [-0.15, -0.1) is 9.24 Å². The van der Waals surface area contributed by atoms with Crippen molar-refractivity contribution in [3.8, 4) is 0 Å². The smallest absolute Gasteiger partial charge is 0.0136 e. The summed E-state index contributed by atoms with van der Waals surface area (Å²) >= 11 is 0. The van der Waals surface area contributed by atoms with Crippen molar-refractivity contribution in [3.63, 3.8) is 0 Å². The van der Waals surface area contributed by atoms with Crippen LogP contribution in [0.25, 0.3) is 21.5 Å². The largest absolute Gasteiger partial charge is 0.137 e. The molecular weight excluding hydrogens is 295 g/mol. The third-order valence-corrected chi connectivity index (χ3v) is 5.10. The monoisotopic (exact) mass is 314 g/mol. The molecule has 0 aliphatic carbocycles. The Labute approximate surface area is 139 Å². The standard InChI is InChI=1S/C22H19P/c23-15-22(20-13-5-9-16-7-1-3-11-18(16)20)21-14-6-10-17-8-2-4-12-19(17)21/h1-14,22H,15,23H2. The highest BCUT2D eigenvalue weighted by Crippen LogP contribution is 2.35. The summed E-state index contributed by atoms with van der Waals surface area (Å²) in [6.45, 7) is 0. The second-order valence-electron chi connectivity index (χ2n) is 5.93. The van der Waals surface area contributed by atoms with Gasteiger partial charge < -0.3 is 0 Å². The van der Waals surface area contributed by atoms with Gasteiger partial charge in [0.05, 0.1) is 0 Å². The Bertz CT molecular complexity index is 882. The van der Waals surface area contributed by atoms with Crippen LogP contribution >= 0.6 is 9.24 Å². The van der Waals surface area contributed by atoms with Crippen molar-refractivity contribution < 1.29 is 0 Å². The Kier molecular flexibility index (Phi) is 3.85. The van der Waals surface area contributed by atoms with Crippen LogP contribution in [0.1, 0.15) is 17.0 Å². The number of benzene rings is 4. The predicted octanol–water partition coefficient (Wildman–Crippen LogP) is 6.00. The summed E-state index contributed by atoms with van der Waals surface area (Å²) in [6, 6.07) is 30.7. The fourth-order valence-electron chi connectivity index (χ4n) is 3.53. The summed E-state index contributed by atoms with van der Waals surface area (Å²) in [6.07, 6.45) is 1.02. The van der Waals surface area contributed by atoms with Crippen LogP contribution in [0.15, 0.2) is 84.9 Å². The molecule has 112 valence electrons. The molecule has 0 N–H and O–H groups in total. The summed E-state index contributed by atoms with van der Waals surface area (Å²) in [4.78, 5) is 0.